The third kappa shape index (κ3) is 1.13. The number of benzene rings is 1. The predicted molar refractivity (Wildman–Crippen MR) is 40.0 cm³/mol. The first-order valence-corrected chi connectivity index (χ1v) is 2.65. The maximum atomic E-state index is 7.36. The normalized spacial score (nSPS) is 12.6. The summed E-state index contributed by atoms with van der Waals surface area (Å²) in [5, 5.41) is 0. The molecule has 1 aromatic rings. The fraction of sp³-hybridized carbons (Fsp3) is 0.143. The first-order chi connectivity index (χ1) is 5.04. The van der Waals surface area contributed by atoms with Crippen molar-refractivity contribution in [3.05, 3.63) is 23.7 Å². The molecule has 9 heavy (non-hydrogen) atoms. The summed E-state index contributed by atoms with van der Waals surface area (Å²) in [5.41, 5.74) is 12.1. The van der Waals surface area contributed by atoms with E-state index in [0.717, 1.165) is 5.56 Å². The van der Waals surface area contributed by atoms with Crippen LogP contribution in [0.5, 0.6) is 0 Å². The number of aryl methyl sites for hydroxylation is 1. The average Bonchev–Trinajstić information content (AvgIpc) is 1.97. The zero-order valence-corrected chi connectivity index (χ0v) is 5.23. The molecule has 0 saturated heterocycles. The third-order valence-corrected chi connectivity index (χ3v) is 1.14. The largest absolute Gasteiger partial charge is 0.399 e. The highest BCUT2D eigenvalue weighted by molar-refractivity contribution is 5.55. The molecule has 0 saturated carbocycles. The second-order valence-electron chi connectivity index (χ2n) is 1.92. The molecule has 4 N–H and O–H groups in total. The van der Waals surface area contributed by atoms with Crippen molar-refractivity contribution in [1.29, 1.82) is 0 Å². The number of rotatable bonds is 0. The van der Waals surface area contributed by atoms with Crippen molar-refractivity contribution >= 4 is 11.4 Å². The molecular formula is C7H10N2. The van der Waals surface area contributed by atoms with Crippen LogP contribution in [0, 0.1) is 6.92 Å². The summed E-state index contributed by atoms with van der Waals surface area (Å²) in [6.07, 6.45) is 0. The van der Waals surface area contributed by atoms with Crippen molar-refractivity contribution in [1.82, 2.24) is 0 Å². The van der Waals surface area contributed by atoms with Crippen LogP contribution >= 0.6 is 0 Å². The summed E-state index contributed by atoms with van der Waals surface area (Å²) in [4.78, 5) is 0. The molecule has 1 rings (SSSR count). The highest BCUT2D eigenvalue weighted by Gasteiger charge is 1.90. The van der Waals surface area contributed by atoms with Crippen molar-refractivity contribution < 1.29 is 2.74 Å². The van der Waals surface area contributed by atoms with Gasteiger partial charge in [-0.2, -0.15) is 0 Å². The quantitative estimate of drug-likeness (QED) is 0.510. The molecule has 0 aliphatic heterocycles. The van der Waals surface area contributed by atoms with Gasteiger partial charge in [-0.05, 0) is 24.6 Å². The van der Waals surface area contributed by atoms with Gasteiger partial charge in [-0.15, -0.1) is 0 Å². The Morgan fingerprint density at radius 3 is 2.89 bits per heavy atom. The van der Waals surface area contributed by atoms with Crippen LogP contribution in [0.2, 0.25) is 0 Å². The monoisotopic (exact) mass is 124 g/mol. The average molecular weight is 124 g/mol. The van der Waals surface area contributed by atoms with Gasteiger partial charge in [-0.1, -0.05) is 6.07 Å². The van der Waals surface area contributed by atoms with E-state index in [0.29, 0.717) is 5.69 Å². The lowest BCUT2D eigenvalue weighted by atomic mass is 10.2. The van der Waals surface area contributed by atoms with E-state index in [1.165, 1.54) is 0 Å². The van der Waals surface area contributed by atoms with Crippen molar-refractivity contribution in [2.45, 2.75) is 6.92 Å². The van der Waals surface area contributed by atoms with Gasteiger partial charge in [0.15, 0.2) is 0 Å². The predicted octanol–water partition coefficient (Wildman–Crippen LogP) is 1.16. The minimum Gasteiger partial charge on any atom is -0.399 e. The lowest BCUT2D eigenvalue weighted by Crippen LogP contribution is -1.91. The van der Waals surface area contributed by atoms with E-state index in [4.69, 9.17) is 14.2 Å². The van der Waals surface area contributed by atoms with Crippen molar-refractivity contribution in [2.75, 3.05) is 11.5 Å². The van der Waals surface area contributed by atoms with Crippen LogP contribution in [0.25, 0.3) is 0 Å². The van der Waals surface area contributed by atoms with Crippen LogP contribution in [0.1, 0.15) is 8.30 Å². The molecule has 2 nitrogen and oxygen atoms in total. The zero-order chi connectivity index (χ0) is 8.59. The molecule has 0 heterocycles. The molecule has 0 aromatic heterocycles. The maximum absolute atomic E-state index is 7.36. The molecule has 2 heteroatoms. The number of hydrogen-bond acceptors (Lipinski definition) is 2. The van der Waals surface area contributed by atoms with Crippen LogP contribution < -0.4 is 11.5 Å². The Labute approximate surface area is 57.3 Å². The smallest absolute Gasteiger partial charge is 0.0667 e. The molecule has 0 amide bonds. The molecular weight excluding hydrogens is 112 g/mol. The highest BCUT2D eigenvalue weighted by Crippen LogP contribution is 2.13. The Morgan fingerprint density at radius 2 is 2.22 bits per heavy atom. The van der Waals surface area contributed by atoms with Gasteiger partial charge in [0.2, 0.25) is 0 Å². The number of anilines is 2. The van der Waals surface area contributed by atoms with E-state index in [9.17, 15) is 0 Å². The van der Waals surface area contributed by atoms with Crippen molar-refractivity contribution in [3.63, 3.8) is 0 Å². The fourth-order valence-electron chi connectivity index (χ4n) is 0.544. The lowest BCUT2D eigenvalue weighted by Gasteiger charge is -1.98. The molecule has 0 unspecified atom stereocenters. The topological polar surface area (TPSA) is 52.0 Å². The van der Waals surface area contributed by atoms with E-state index in [1.54, 1.807) is 13.0 Å². The Bertz CT molecular complexity index is 271. The number of nitrogen functional groups attached to an aromatic ring is 2. The van der Waals surface area contributed by atoms with Gasteiger partial charge in [0.25, 0.3) is 0 Å². The number of nitrogens with two attached hydrogens (primary N) is 2. The molecule has 0 aliphatic carbocycles. The lowest BCUT2D eigenvalue weighted by molar-refractivity contribution is 1.47. The maximum Gasteiger partial charge on any atom is 0.0667 e. The van der Waals surface area contributed by atoms with Crippen LogP contribution in [0.4, 0.5) is 11.4 Å². The van der Waals surface area contributed by atoms with Gasteiger partial charge in [-0.3, -0.25) is 0 Å². The van der Waals surface area contributed by atoms with E-state index in [-0.39, 0.29) is 17.8 Å². The third-order valence-electron chi connectivity index (χ3n) is 1.14. The molecule has 0 radical (unpaired) electrons. The summed E-state index contributed by atoms with van der Waals surface area (Å²) >= 11 is 0. The molecule has 0 spiro atoms. The number of hydrogen-bond donors (Lipinski definition) is 2. The minimum atomic E-state index is 0.0648. The van der Waals surface area contributed by atoms with Gasteiger partial charge in [0.05, 0.1) is 2.74 Å². The standard InChI is InChI=1S/C7H10N2/c1-5-2-3-6(8)4-7(5)9/h2-4H,8-9H2,1H3/i3D,4D. The minimum absolute atomic E-state index is 0.0648. The first-order valence-electron chi connectivity index (χ1n) is 3.65. The summed E-state index contributed by atoms with van der Waals surface area (Å²) < 4.78 is 14.7. The molecule has 1 aromatic carbocycles. The Balaban J connectivity index is 3.46. The van der Waals surface area contributed by atoms with E-state index < -0.39 is 0 Å². The van der Waals surface area contributed by atoms with E-state index >= 15 is 0 Å². The van der Waals surface area contributed by atoms with Gasteiger partial charge in [0.1, 0.15) is 0 Å². The van der Waals surface area contributed by atoms with Gasteiger partial charge >= 0.3 is 0 Å². The highest BCUT2D eigenvalue weighted by atomic mass is 14.6. The van der Waals surface area contributed by atoms with Crippen LogP contribution in [-0.4, -0.2) is 0 Å². The Hall–Kier alpha value is -1.18. The van der Waals surface area contributed by atoms with Gasteiger partial charge in [0, 0.05) is 11.4 Å². The zero-order valence-electron chi connectivity index (χ0n) is 7.23. The Morgan fingerprint density at radius 1 is 1.56 bits per heavy atom. The molecule has 0 atom stereocenters. The Kier molecular flexibility index (Phi) is 0.827. The fourth-order valence-corrected chi connectivity index (χ4v) is 0.544. The van der Waals surface area contributed by atoms with Gasteiger partial charge in [-0.25, -0.2) is 0 Å². The van der Waals surface area contributed by atoms with Gasteiger partial charge < -0.3 is 11.5 Å². The van der Waals surface area contributed by atoms with Crippen molar-refractivity contribution in [3.8, 4) is 0 Å². The van der Waals surface area contributed by atoms with Crippen molar-refractivity contribution in [2.24, 2.45) is 0 Å². The summed E-state index contributed by atoms with van der Waals surface area (Å²) in [6, 6.07) is 1.79. The summed E-state index contributed by atoms with van der Waals surface area (Å²) in [6.45, 7) is 1.75. The van der Waals surface area contributed by atoms with Crippen LogP contribution in [-0.2, 0) is 0 Å². The molecule has 0 aliphatic rings. The summed E-state index contributed by atoms with van der Waals surface area (Å²) in [7, 11) is 0. The molecule has 0 fully saturated rings. The second kappa shape index (κ2) is 1.97. The summed E-state index contributed by atoms with van der Waals surface area (Å²) in [5.74, 6) is 0. The first kappa shape index (κ1) is 3.77. The molecule has 0 bridgehead atoms. The molecule has 48 valence electrons. The SMILES string of the molecule is [2H]c1cc(C)c(N)c([2H])c1N. The van der Waals surface area contributed by atoms with Crippen LogP contribution in [0.3, 0.4) is 0 Å². The van der Waals surface area contributed by atoms with E-state index in [2.05, 4.69) is 0 Å². The van der Waals surface area contributed by atoms with Crippen LogP contribution in [0.15, 0.2) is 18.2 Å². The second-order valence-corrected chi connectivity index (χ2v) is 1.92. The van der Waals surface area contributed by atoms with E-state index in [1.807, 2.05) is 0 Å².